The van der Waals surface area contributed by atoms with Gasteiger partial charge in [-0.25, -0.2) is 4.99 Å². The second-order valence-electron chi connectivity index (χ2n) is 11.4. The van der Waals surface area contributed by atoms with Crippen LogP contribution in [0.5, 0.6) is 0 Å². The van der Waals surface area contributed by atoms with Crippen molar-refractivity contribution in [3.8, 4) is 0 Å². The third-order valence-electron chi connectivity index (χ3n) is 7.95. The lowest BCUT2D eigenvalue weighted by molar-refractivity contribution is -0.129. The maximum Gasteiger partial charge on any atom is 0.243 e. The quantitative estimate of drug-likeness (QED) is 0.304. The summed E-state index contributed by atoms with van der Waals surface area (Å²) < 4.78 is 3.67. The minimum atomic E-state index is -0.0148. The van der Waals surface area contributed by atoms with Crippen LogP contribution < -0.4 is 10.6 Å². The van der Waals surface area contributed by atoms with Gasteiger partial charge >= 0.3 is 0 Å². The van der Waals surface area contributed by atoms with E-state index >= 15 is 0 Å². The number of amides is 1. The van der Waals surface area contributed by atoms with Gasteiger partial charge in [0, 0.05) is 64.9 Å². The number of anilines is 1. The first-order chi connectivity index (χ1) is 21.2. The van der Waals surface area contributed by atoms with Crippen LogP contribution in [0.25, 0.3) is 11.1 Å². The molecule has 1 aliphatic heterocycles. The summed E-state index contributed by atoms with van der Waals surface area (Å²) in [5, 5.41) is 15.9. The molecule has 9 heteroatoms. The molecule has 0 saturated heterocycles. The molecule has 0 fully saturated rings. The number of carbonyl (C=O) groups excluding carboxylic acids is 1. The van der Waals surface area contributed by atoms with Gasteiger partial charge in [0.05, 0.1) is 11.4 Å². The normalized spacial score (nSPS) is 16.8. The van der Waals surface area contributed by atoms with Crippen molar-refractivity contribution < 1.29 is 4.79 Å². The predicted molar refractivity (Wildman–Crippen MR) is 179 cm³/mol. The first kappa shape index (κ1) is 30.5. The summed E-state index contributed by atoms with van der Waals surface area (Å²) in [5.41, 5.74) is 10.9. The van der Waals surface area contributed by atoms with Crippen molar-refractivity contribution in [2.24, 2.45) is 12.0 Å². The zero-order valence-electron chi connectivity index (χ0n) is 26.6. The van der Waals surface area contributed by atoms with Crippen molar-refractivity contribution in [2.75, 3.05) is 26.5 Å². The lowest BCUT2D eigenvalue weighted by Gasteiger charge is -2.18. The number of aryl methyl sites for hydroxylation is 2. The summed E-state index contributed by atoms with van der Waals surface area (Å²) in [4.78, 5) is 18.4. The van der Waals surface area contributed by atoms with Gasteiger partial charge in [-0.1, -0.05) is 55.0 Å². The van der Waals surface area contributed by atoms with Gasteiger partial charge in [-0.2, -0.15) is 10.2 Å². The van der Waals surface area contributed by atoms with E-state index in [1.807, 2.05) is 43.2 Å². The predicted octanol–water partition coefficient (Wildman–Crippen LogP) is 5.51. The number of allylic oxidation sites excluding steroid dienone is 8. The average Bonchev–Trinajstić information content (AvgIpc) is 3.57. The Morgan fingerprint density at radius 1 is 1.16 bits per heavy atom. The summed E-state index contributed by atoms with van der Waals surface area (Å²) in [6, 6.07) is 10.6. The fraction of sp³-hybridized carbons (Fsp3) is 0.314. The van der Waals surface area contributed by atoms with Crippen molar-refractivity contribution in [1.82, 2.24) is 29.8 Å². The van der Waals surface area contributed by atoms with Crippen molar-refractivity contribution >= 4 is 29.1 Å². The molecule has 5 rings (SSSR count). The minimum absolute atomic E-state index is 0.0148. The average molecular weight is 591 g/mol. The Labute approximate surface area is 260 Å². The Morgan fingerprint density at radius 3 is 2.77 bits per heavy atom. The number of carbonyl (C=O) groups is 1. The molecule has 1 amide bonds. The van der Waals surface area contributed by atoms with Gasteiger partial charge in [0.25, 0.3) is 0 Å². The van der Waals surface area contributed by atoms with E-state index in [0.717, 1.165) is 31.4 Å². The number of likely N-dealkylation sites (N-methyl/N-ethyl adjacent to an activating group) is 1. The summed E-state index contributed by atoms with van der Waals surface area (Å²) in [5.74, 6) is 1.31. The summed E-state index contributed by atoms with van der Waals surface area (Å²) >= 11 is 0. The molecule has 1 aromatic carbocycles. The molecule has 44 heavy (non-hydrogen) atoms. The Balaban J connectivity index is 1.38. The molecule has 2 N–H and O–H groups in total. The monoisotopic (exact) mass is 590 g/mol. The smallest absolute Gasteiger partial charge is 0.243 e. The number of nitrogens with zero attached hydrogens (tertiary/aromatic N) is 6. The largest absolute Gasteiger partial charge is 0.393 e. The van der Waals surface area contributed by atoms with Crippen LogP contribution in [0.2, 0.25) is 0 Å². The van der Waals surface area contributed by atoms with Crippen molar-refractivity contribution in [1.29, 1.82) is 0 Å². The van der Waals surface area contributed by atoms with Crippen LogP contribution in [0.4, 0.5) is 5.82 Å². The van der Waals surface area contributed by atoms with Crippen LogP contribution >= 0.6 is 0 Å². The zero-order chi connectivity index (χ0) is 31.2. The highest BCUT2D eigenvalue weighted by atomic mass is 16.2. The Bertz CT molecular complexity index is 1720. The number of hydrogen-bond donors (Lipinski definition) is 2. The number of rotatable bonds is 10. The van der Waals surface area contributed by atoms with Gasteiger partial charge < -0.3 is 15.5 Å². The molecule has 0 unspecified atom stereocenters. The molecular formula is C35H42N8O. The molecule has 228 valence electrons. The number of hydrogen-bond acceptors (Lipinski definition) is 6. The van der Waals surface area contributed by atoms with E-state index in [1.165, 1.54) is 44.7 Å². The van der Waals surface area contributed by atoms with Crippen LogP contribution in [-0.2, 0) is 31.2 Å². The Hall–Kier alpha value is -4.92. The first-order valence-electron chi connectivity index (χ1n) is 15.1. The molecule has 2 aliphatic rings. The van der Waals surface area contributed by atoms with E-state index in [9.17, 15) is 4.79 Å². The first-order valence-corrected chi connectivity index (χ1v) is 15.1. The maximum absolute atomic E-state index is 12.0. The number of aromatic nitrogens is 4. The summed E-state index contributed by atoms with van der Waals surface area (Å²) in [6.07, 6.45) is 17.8. The van der Waals surface area contributed by atoms with Gasteiger partial charge in [0.1, 0.15) is 12.4 Å². The van der Waals surface area contributed by atoms with Gasteiger partial charge in [-0.15, -0.1) is 0 Å². The SMILES string of the molecule is CC/C(C)=C/C(=C\NC)c1cccc(Cc2c3c(nn2C)CCC2=C3/C=C/C=C(\Nc3ccn(CC(=O)N(C)C)n3)N=C2)c1. The minimum Gasteiger partial charge on any atom is -0.393 e. The van der Waals surface area contributed by atoms with Crippen LogP contribution in [0.15, 0.2) is 89.0 Å². The fourth-order valence-electron chi connectivity index (χ4n) is 5.39. The zero-order valence-corrected chi connectivity index (χ0v) is 26.6. The molecule has 0 atom stereocenters. The number of fused-ring (bicyclic) bond motifs is 2. The highest BCUT2D eigenvalue weighted by Crippen LogP contribution is 2.36. The van der Waals surface area contributed by atoms with Gasteiger partial charge in [0.15, 0.2) is 5.82 Å². The second kappa shape index (κ2) is 13.6. The lowest BCUT2D eigenvalue weighted by atomic mass is 9.86. The highest BCUT2D eigenvalue weighted by Gasteiger charge is 2.25. The van der Waals surface area contributed by atoms with E-state index in [2.05, 4.69) is 72.2 Å². The summed E-state index contributed by atoms with van der Waals surface area (Å²) in [6.45, 7) is 4.55. The van der Waals surface area contributed by atoms with E-state index in [1.54, 1.807) is 29.9 Å². The molecule has 2 aromatic heterocycles. The topological polar surface area (TPSA) is 92.4 Å². The van der Waals surface area contributed by atoms with E-state index in [4.69, 9.17) is 10.1 Å². The van der Waals surface area contributed by atoms with E-state index < -0.39 is 0 Å². The lowest BCUT2D eigenvalue weighted by Crippen LogP contribution is -2.26. The molecule has 0 saturated carbocycles. The van der Waals surface area contributed by atoms with Crippen LogP contribution in [0, 0.1) is 0 Å². The fourth-order valence-corrected chi connectivity index (χ4v) is 5.39. The number of benzene rings is 1. The van der Waals surface area contributed by atoms with Gasteiger partial charge in [0.2, 0.25) is 5.91 Å². The van der Waals surface area contributed by atoms with Crippen molar-refractivity contribution in [3.05, 3.63) is 112 Å². The third-order valence-corrected chi connectivity index (χ3v) is 7.95. The Kier molecular flexibility index (Phi) is 9.43. The van der Waals surface area contributed by atoms with E-state index in [-0.39, 0.29) is 12.5 Å². The summed E-state index contributed by atoms with van der Waals surface area (Å²) in [7, 11) is 7.46. The van der Waals surface area contributed by atoms with Crippen LogP contribution in [0.1, 0.15) is 54.8 Å². The number of nitrogens with one attached hydrogen (secondary N) is 2. The molecule has 3 aromatic rings. The molecule has 3 heterocycles. The molecule has 9 nitrogen and oxygen atoms in total. The highest BCUT2D eigenvalue weighted by molar-refractivity contribution is 5.97. The molecule has 1 aliphatic carbocycles. The third kappa shape index (κ3) is 6.99. The number of aliphatic imine (C=N–C) groups is 1. The molecular weight excluding hydrogens is 548 g/mol. The van der Waals surface area contributed by atoms with E-state index in [0.29, 0.717) is 11.6 Å². The van der Waals surface area contributed by atoms with Crippen LogP contribution in [-0.4, -0.2) is 57.7 Å². The maximum atomic E-state index is 12.0. The molecule has 0 radical (unpaired) electrons. The molecule has 0 bridgehead atoms. The Morgan fingerprint density at radius 2 is 2.00 bits per heavy atom. The van der Waals surface area contributed by atoms with Gasteiger partial charge in [-0.05, 0) is 60.1 Å². The molecule has 0 spiro atoms. The second-order valence-corrected chi connectivity index (χ2v) is 11.4. The van der Waals surface area contributed by atoms with Gasteiger partial charge in [-0.3, -0.25) is 14.2 Å². The van der Waals surface area contributed by atoms with Crippen molar-refractivity contribution in [2.45, 2.75) is 46.1 Å². The van der Waals surface area contributed by atoms with Crippen molar-refractivity contribution in [3.63, 3.8) is 0 Å². The van der Waals surface area contributed by atoms with Crippen LogP contribution in [0.3, 0.4) is 0 Å². The standard InChI is InChI=1S/C35H42N8O/c1-7-24(2)18-28(21-36-3)26-11-8-10-25(19-26)20-31-35-29-12-9-13-32(37-22-27(29)14-15-30(35)39-42(31)6)38-33-16-17-43(40-33)23-34(44)41(4)5/h8-13,16-19,21-22,36H,7,14-15,20,23H2,1-6H3,(H,37,38,40)/b24-18+,28-21+.